The highest BCUT2D eigenvalue weighted by Crippen LogP contribution is 2.43. The van der Waals surface area contributed by atoms with Gasteiger partial charge in [-0.15, -0.1) is 0 Å². The molecule has 0 atom stereocenters. The molecule has 5 N–H and O–H groups in total. The number of nitrogens with zero attached hydrogens (tertiary/aromatic N) is 3. The number of aromatic nitrogens is 2. The second kappa shape index (κ2) is 10.5. The zero-order chi connectivity index (χ0) is 26.9. The van der Waals surface area contributed by atoms with Crippen LogP contribution in [-0.4, -0.2) is 77.2 Å². The molecule has 0 bridgehead atoms. The highest BCUT2D eigenvalue weighted by molar-refractivity contribution is 6.25. The van der Waals surface area contributed by atoms with Crippen molar-refractivity contribution in [2.45, 2.75) is 25.2 Å². The Hall–Kier alpha value is -4.22. The van der Waals surface area contributed by atoms with E-state index in [-0.39, 0.29) is 17.6 Å². The molecule has 0 saturated carbocycles. The summed E-state index contributed by atoms with van der Waals surface area (Å²) in [6, 6.07) is 12.4. The van der Waals surface area contributed by atoms with E-state index in [1.807, 2.05) is 29.2 Å². The first-order valence-electron chi connectivity index (χ1n) is 13.3. The van der Waals surface area contributed by atoms with Gasteiger partial charge in [0.2, 0.25) is 5.91 Å². The summed E-state index contributed by atoms with van der Waals surface area (Å²) in [5, 5.41) is 12.3. The number of aromatic amines is 1. The van der Waals surface area contributed by atoms with Crippen molar-refractivity contribution < 1.29 is 19.1 Å². The number of hydrazine groups is 1. The van der Waals surface area contributed by atoms with Gasteiger partial charge in [-0.3, -0.25) is 20.1 Å². The topological polar surface area (TPSA) is 146 Å². The predicted molar refractivity (Wildman–Crippen MR) is 145 cm³/mol. The molecule has 0 radical (unpaired) electrons. The summed E-state index contributed by atoms with van der Waals surface area (Å²) >= 11 is 0. The normalized spacial score (nSPS) is 17.5. The zero-order valence-corrected chi connectivity index (χ0v) is 21.5. The minimum atomic E-state index is -0.400. The Bertz CT molecular complexity index is 1400. The summed E-state index contributed by atoms with van der Waals surface area (Å²) in [7, 11) is 0. The number of ketones is 1. The Labute approximate surface area is 225 Å². The number of urea groups is 1. The number of carbonyl (C=O) groups is 3. The van der Waals surface area contributed by atoms with Crippen LogP contribution in [0.5, 0.6) is 0 Å². The van der Waals surface area contributed by atoms with Crippen molar-refractivity contribution >= 4 is 29.1 Å². The number of morpholine rings is 1. The number of H-pyrrole nitrogens is 1. The molecule has 202 valence electrons. The van der Waals surface area contributed by atoms with Gasteiger partial charge < -0.3 is 20.7 Å². The molecule has 3 aromatic rings. The van der Waals surface area contributed by atoms with E-state index in [1.54, 1.807) is 23.2 Å². The van der Waals surface area contributed by atoms with Crippen molar-refractivity contribution in [3.05, 3.63) is 64.8 Å². The third-order valence-corrected chi connectivity index (χ3v) is 7.67. The largest absolute Gasteiger partial charge is 0.399 e. The van der Waals surface area contributed by atoms with Crippen LogP contribution < -0.4 is 16.5 Å². The maximum absolute atomic E-state index is 13.7. The summed E-state index contributed by atoms with van der Waals surface area (Å²) < 4.78 is 5.32. The van der Waals surface area contributed by atoms with E-state index >= 15 is 0 Å². The van der Waals surface area contributed by atoms with Crippen molar-refractivity contribution in [1.82, 2.24) is 25.5 Å². The zero-order valence-electron chi connectivity index (χ0n) is 21.5. The van der Waals surface area contributed by atoms with Gasteiger partial charge in [-0.25, -0.2) is 9.80 Å². The Balaban J connectivity index is 1.12. The lowest BCUT2D eigenvalue weighted by Crippen LogP contribution is -2.49. The van der Waals surface area contributed by atoms with Gasteiger partial charge in [-0.05, 0) is 36.6 Å². The average molecular weight is 530 g/mol. The number of likely N-dealkylation sites (tertiary alicyclic amines) is 1. The van der Waals surface area contributed by atoms with E-state index in [0.717, 1.165) is 29.7 Å². The van der Waals surface area contributed by atoms with Crippen molar-refractivity contribution in [1.29, 1.82) is 0 Å². The van der Waals surface area contributed by atoms with Crippen molar-refractivity contribution in [2.75, 3.05) is 50.4 Å². The van der Waals surface area contributed by atoms with E-state index in [0.29, 0.717) is 74.0 Å². The van der Waals surface area contributed by atoms with Crippen LogP contribution in [0.4, 0.5) is 16.2 Å². The Kier molecular flexibility index (Phi) is 6.76. The summed E-state index contributed by atoms with van der Waals surface area (Å²) in [5.74, 6) is -0.00206. The molecule has 1 aromatic heterocycles. The third kappa shape index (κ3) is 4.98. The molecule has 6 rings (SSSR count). The minimum absolute atomic E-state index is 0.0601. The number of nitrogens with two attached hydrogens (primary N) is 1. The lowest BCUT2D eigenvalue weighted by Gasteiger charge is -2.31. The molecule has 11 heteroatoms. The fraction of sp³-hybridized carbons (Fsp3) is 0.357. The minimum Gasteiger partial charge on any atom is -0.399 e. The van der Waals surface area contributed by atoms with Gasteiger partial charge in [-0.1, -0.05) is 24.3 Å². The van der Waals surface area contributed by atoms with Crippen molar-refractivity contribution in [3.8, 4) is 11.3 Å². The van der Waals surface area contributed by atoms with Gasteiger partial charge in [-0.2, -0.15) is 5.10 Å². The number of nitrogens with one attached hydrogen (secondary N) is 3. The molecule has 2 aliphatic heterocycles. The molecule has 3 aliphatic rings. The number of ether oxygens (including phenoxy) is 1. The van der Waals surface area contributed by atoms with Crippen LogP contribution in [0.2, 0.25) is 0 Å². The fourth-order valence-electron chi connectivity index (χ4n) is 5.60. The molecule has 2 aromatic carbocycles. The maximum atomic E-state index is 13.7. The standard InChI is InChI=1S/C28H31N7O4/c29-19-6-4-17(5-7-19)16-22(36)34-10-8-18(9-11-34)25-24-26(32-31-25)20-2-1-3-21(23(20)27(24)37)30-28(38)33-35-12-14-39-15-13-35/h1-7,18H,8-16,29H2,(H,31,32)(H2,30,33,38). The number of hydrogen-bond acceptors (Lipinski definition) is 7. The number of fused-ring (bicyclic) bond motifs is 3. The smallest absolute Gasteiger partial charge is 0.333 e. The lowest BCUT2D eigenvalue weighted by molar-refractivity contribution is -0.131. The number of piperidine rings is 1. The molecule has 11 nitrogen and oxygen atoms in total. The van der Waals surface area contributed by atoms with E-state index in [4.69, 9.17) is 10.5 Å². The maximum Gasteiger partial charge on any atom is 0.333 e. The molecule has 0 unspecified atom stereocenters. The van der Waals surface area contributed by atoms with E-state index in [2.05, 4.69) is 20.9 Å². The van der Waals surface area contributed by atoms with Gasteiger partial charge >= 0.3 is 6.03 Å². The van der Waals surface area contributed by atoms with E-state index in [1.165, 1.54) is 0 Å². The summed E-state index contributed by atoms with van der Waals surface area (Å²) in [6.07, 6.45) is 1.79. The Morgan fingerprint density at radius 3 is 2.51 bits per heavy atom. The molecule has 3 heterocycles. The molecular weight excluding hydrogens is 498 g/mol. The monoisotopic (exact) mass is 529 g/mol. The predicted octanol–water partition coefficient (Wildman–Crippen LogP) is 2.52. The number of anilines is 2. The first-order chi connectivity index (χ1) is 19.0. The summed E-state index contributed by atoms with van der Waals surface area (Å²) in [5.41, 5.74) is 13.8. The molecule has 2 fully saturated rings. The van der Waals surface area contributed by atoms with Gasteiger partial charge in [0.1, 0.15) is 0 Å². The van der Waals surface area contributed by atoms with Crippen LogP contribution in [0.3, 0.4) is 0 Å². The molecule has 39 heavy (non-hydrogen) atoms. The molecule has 3 amide bonds. The summed E-state index contributed by atoms with van der Waals surface area (Å²) in [6.45, 7) is 3.53. The van der Waals surface area contributed by atoms with Gasteiger partial charge in [0.25, 0.3) is 0 Å². The number of amides is 3. The summed E-state index contributed by atoms with van der Waals surface area (Å²) in [4.78, 5) is 41.1. The molecule has 2 saturated heterocycles. The van der Waals surface area contributed by atoms with Gasteiger partial charge in [0.15, 0.2) is 5.78 Å². The van der Waals surface area contributed by atoms with Crippen molar-refractivity contribution in [3.63, 3.8) is 0 Å². The Morgan fingerprint density at radius 2 is 1.77 bits per heavy atom. The van der Waals surface area contributed by atoms with Crippen LogP contribution in [0.1, 0.15) is 45.9 Å². The SMILES string of the molecule is Nc1ccc(CC(=O)N2CCC(c3n[nH]c4c3C(=O)c3c(NC(=O)NN5CCOCC5)cccc3-4)CC2)cc1. The average Bonchev–Trinajstić information content (AvgIpc) is 3.51. The number of carbonyl (C=O) groups excluding carboxylic acids is 3. The molecular formula is C28H31N7O4. The number of benzene rings is 2. The van der Waals surface area contributed by atoms with E-state index < -0.39 is 6.03 Å². The van der Waals surface area contributed by atoms with Crippen LogP contribution in [0.15, 0.2) is 42.5 Å². The number of nitrogen functional groups attached to an aromatic ring is 1. The highest BCUT2D eigenvalue weighted by atomic mass is 16.5. The second-order valence-electron chi connectivity index (χ2n) is 10.2. The number of rotatable bonds is 5. The first-order valence-corrected chi connectivity index (χ1v) is 13.3. The Morgan fingerprint density at radius 1 is 1.03 bits per heavy atom. The first kappa shape index (κ1) is 25.1. The van der Waals surface area contributed by atoms with Crippen LogP contribution in [0, 0.1) is 0 Å². The van der Waals surface area contributed by atoms with Crippen LogP contribution in [-0.2, 0) is 16.0 Å². The second-order valence-corrected chi connectivity index (χ2v) is 10.2. The van der Waals surface area contributed by atoms with Gasteiger partial charge in [0.05, 0.1) is 47.8 Å². The van der Waals surface area contributed by atoms with Crippen LogP contribution in [0.25, 0.3) is 11.3 Å². The molecule has 1 aliphatic carbocycles. The lowest BCUT2D eigenvalue weighted by atomic mass is 9.90. The quantitative estimate of drug-likeness (QED) is 0.291. The van der Waals surface area contributed by atoms with Gasteiger partial charge in [0, 0.05) is 43.3 Å². The van der Waals surface area contributed by atoms with Crippen molar-refractivity contribution in [2.24, 2.45) is 0 Å². The highest BCUT2D eigenvalue weighted by Gasteiger charge is 2.37. The van der Waals surface area contributed by atoms with Crippen LogP contribution >= 0.6 is 0 Å². The molecule has 0 spiro atoms. The number of hydrogen-bond donors (Lipinski definition) is 4. The fourth-order valence-corrected chi connectivity index (χ4v) is 5.60. The third-order valence-electron chi connectivity index (χ3n) is 7.67. The van der Waals surface area contributed by atoms with E-state index in [9.17, 15) is 14.4 Å².